The Morgan fingerprint density at radius 3 is 1.51 bits per heavy atom. The number of benzene rings is 2. The van der Waals surface area contributed by atoms with E-state index in [1.165, 1.54) is 30.3 Å². The van der Waals surface area contributed by atoms with E-state index in [2.05, 4.69) is 41.9 Å². The first-order valence-electron chi connectivity index (χ1n) is 24.8. The van der Waals surface area contributed by atoms with Gasteiger partial charge in [-0.1, -0.05) is 31.4 Å². The average molecular weight is 977 g/mol. The van der Waals surface area contributed by atoms with E-state index in [4.69, 9.17) is 0 Å². The number of halogens is 2. The molecule has 2 aromatic carbocycles. The molecule has 6 amide bonds. The van der Waals surface area contributed by atoms with Gasteiger partial charge in [-0.25, -0.2) is 8.78 Å². The number of carbonyl (C=O) groups is 6. The smallest absolute Gasteiger partial charge is 0.254 e. The Balaban J connectivity index is 0.965. The summed E-state index contributed by atoms with van der Waals surface area (Å²) < 4.78 is 30.4. The number of likely N-dealkylation sites (tertiary alicyclic amines) is 2. The maximum atomic E-state index is 15.2. The van der Waals surface area contributed by atoms with Crippen LogP contribution in [0.4, 0.5) is 8.78 Å². The van der Waals surface area contributed by atoms with Crippen molar-refractivity contribution in [3.63, 3.8) is 0 Å². The minimum Gasteiger partial charge on any atom is -0.350 e. The number of carbonyl (C=O) groups excluding carboxylic acids is 6. The molecule has 7 rings (SSSR count). The van der Waals surface area contributed by atoms with Gasteiger partial charge in [0.1, 0.15) is 23.7 Å². The third kappa shape index (κ3) is 12.5. The molecule has 0 unspecified atom stereocenters. The van der Waals surface area contributed by atoms with Crippen LogP contribution in [0.3, 0.4) is 0 Å². The molecule has 4 heterocycles. The second-order valence-electron chi connectivity index (χ2n) is 18.9. The Hall–Kier alpha value is -6.66. The SMILES string of the molecule is CN[C@@H](C)C(=O)N[C@@H](C)C(=O)N1CCC[C@H]1c1cncc(-c2ccc(F)c(C(=O)NCCNC(=O)c3cc(-c4cncc([C@@H]5CCCN5C(=O)[C@@H](NC(=O)[C@H](C)NC)C5CCCCC5)c4)ccc3F)c2)c1. The van der Waals surface area contributed by atoms with Gasteiger partial charge in [0.2, 0.25) is 23.6 Å². The van der Waals surface area contributed by atoms with Gasteiger partial charge in [0, 0.05) is 62.1 Å². The first-order valence-corrected chi connectivity index (χ1v) is 24.8. The fourth-order valence-corrected chi connectivity index (χ4v) is 9.87. The number of likely N-dealkylation sites (N-methyl/N-ethyl adjacent to an activating group) is 2. The van der Waals surface area contributed by atoms with Gasteiger partial charge in [0.15, 0.2) is 0 Å². The molecule has 0 spiro atoms. The quantitative estimate of drug-likeness (QED) is 0.0704. The van der Waals surface area contributed by atoms with Crippen LogP contribution < -0.4 is 31.9 Å². The fourth-order valence-electron chi connectivity index (χ4n) is 9.87. The first-order chi connectivity index (χ1) is 34.2. The summed E-state index contributed by atoms with van der Waals surface area (Å²) in [6, 6.07) is 9.21. The van der Waals surface area contributed by atoms with Crippen LogP contribution in [0.15, 0.2) is 73.3 Å². The van der Waals surface area contributed by atoms with Gasteiger partial charge < -0.3 is 41.7 Å². The summed E-state index contributed by atoms with van der Waals surface area (Å²) in [5, 5.41) is 16.9. The molecule has 1 saturated carbocycles. The number of rotatable bonds is 18. The van der Waals surface area contributed by atoms with Crippen LogP contribution in [0.25, 0.3) is 22.3 Å². The Bertz CT molecular complexity index is 2590. The van der Waals surface area contributed by atoms with Gasteiger partial charge in [0.05, 0.1) is 35.3 Å². The number of hydrogen-bond donors (Lipinski definition) is 6. The highest BCUT2D eigenvalue weighted by Crippen LogP contribution is 2.37. The summed E-state index contributed by atoms with van der Waals surface area (Å²) in [7, 11) is 3.38. The third-order valence-electron chi connectivity index (χ3n) is 14.2. The van der Waals surface area contributed by atoms with Crippen LogP contribution in [0.2, 0.25) is 0 Å². The van der Waals surface area contributed by atoms with Crippen LogP contribution in [-0.4, -0.2) is 120 Å². The molecule has 3 aliphatic rings. The van der Waals surface area contributed by atoms with E-state index < -0.39 is 47.6 Å². The van der Waals surface area contributed by atoms with E-state index in [9.17, 15) is 28.8 Å². The van der Waals surface area contributed by atoms with Crippen molar-refractivity contribution in [1.29, 1.82) is 0 Å². The van der Waals surface area contributed by atoms with Crippen LogP contribution in [0.5, 0.6) is 0 Å². The number of hydrogen-bond acceptors (Lipinski definition) is 10. The highest BCUT2D eigenvalue weighted by Gasteiger charge is 2.40. The zero-order valence-electron chi connectivity index (χ0n) is 41.2. The van der Waals surface area contributed by atoms with Crippen molar-refractivity contribution in [1.82, 2.24) is 51.7 Å². The minimum atomic E-state index is -0.757. The second kappa shape index (κ2) is 24.0. The molecule has 4 aromatic rings. The van der Waals surface area contributed by atoms with Crippen LogP contribution in [0, 0.1) is 17.6 Å². The van der Waals surface area contributed by atoms with Crippen molar-refractivity contribution in [2.75, 3.05) is 40.3 Å². The lowest BCUT2D eigenvalue weighted by Crippen LogP contribution is -2.55. The third-order valence-corrected chi connectivity index (χ3v) is 14.2. The van der Waals surface area contributed by atoms with Crippen molar-refractivity contribution in [2.24, 2.45) is 5.92 Å². The van der Waals surface area contributed by atoms with Gasteiger partial charge in [-0.3, -0.25) is 38.7 Å². The molecular weight excluding hydrogens is 911 g/mol. The van der Waals surface area contributed by atoms with Gasteiger partial charge in [-0.2, -0.15) is 0 Å². The summed E-state index contributed by atoms with van der Waals surface area (Å²) in [6.07, 6.45) is 14.4. The topological polar surface area (TPSA) is 207 Å². The summed E-state index contributed by atoms with van der Waals surface area (Å²) in [5.41, 5.74) is 3.38. The molecule has 2 aliphatic heterocycles. The van der Waals surface area contributed by atoms with Crippen molar-refractivity contribution < 1.29 is 37.5 Å². The Labute approximate surface area is 413 Å². The molecule has 71 heavy (non-hydrogen) atoms. The lowest BCUT2D eigenvalue weighted by molar-refractivity contribution is -0.139. The van der Waals surface area contributed by atoms with Crippen molar-refractivity contribution >= 4 is 35.4 Å². The number of nitrogens with one attached hydrogen (secondary N) is 6. The standard InChI is InChI=1S/C53H66F2N10O6/c1-31(56-4)48(66)62-33(3)52(70)64-21-9-13-45(64)39-23-37(27-58-29-39)35-15-17-43(54)41(25-35)50(68)60-19-20-61-51(69)42-26-36(16-18-44(42)55)38-24-40(30-59-28-38)46-14-10-22-65(46)53(71)47(34-11-7-6-8-12-34)63-49(67)32(2)57-5/h15-18,23-34,45-47,56-57H,6-14,19-22H2,1-5H3,(H,60,68)(H,61,69)(H,62,66)(H,63,67)/t31-,32-,33-,45-,46-,47-/m0/s1. The van der Waals surface area contributed by atoms with Gasteiger partial charge in [0.25, 0.3) is 11.8 Å². The predicted molar refractivity (Wildman–Crippen MR) is 264 cm³/mol. The molecular formula is C53H66F2N10O6. The summed E-state index contributed by atoms with van der Waals surface area (Å²) in [6.45, 7) is 6.00. The van der Waals surface area contributed by atoms with Gasteiger partial charge in [-0.05, 0) is 138 Å². The highest BCUT2D eigenvalue weighted by molar-refractivity contribution is 5.97. The average Bonchev–Trinajstić information content (AvgIpc) is 4.10. The number of aromatic nitrogens is 2. The molecule has 6 N–H and O–H groups in total. The zero-order valence-corrected chi connectivity index (χ0v) is 41.2. The molecule has 18 heteroatoms. The summed E-state index contributed by atoms with van der Waals surface area (Å²) in [4.78, 5) is 92.5. The number of nitrogens with zero attached hydrogens (tertiary/aromatic N) is 4. The monoisotopic (exact) mass is 977 g/mol. The molecule has 0 bridgehead atoms. The van der Waals surface area contributed by atoms with Crippen molar-refractivity contribution in [2.45, 2.75) is 115 Å². The lowest BCUT2D eigenvalue weighted by Gasteiger charge is -2.35. The fraction of sp³-hybridized carbons (Fsp3) is 0.472. The maximum Gasteiger partial charge on any atom is 0.254 e. The summed E-state index contributed by atoms with van der Waals surface area (Å²) in [5.74, 6) is -3.72. The van der Waals surface area contributed by atoms with E-state index in [0.717, 1.165) is 56.1 Å². The Kier molecular flexibility index (Phi) is 17.6. The first kappa shape index (κ1) is 52.2. The van der Waals surface area contributed by atoms with Crippen molar-refractivity contribution in [3.05, 3.63) is 107 Å². The van der Waals surface area contributed by atoms with Crippen LogP contribution in [0.1, 0.15) is 122 Å². The minimum absolute atomic E-state index is 0.0465. The Morgan fingerprint density at radius 1 is 0.563 bits per heavy atom. The van der Waals surface area contributed by atoms with E-state index in [1.807, 2.05) is 17.0 Å². The normalized spacial score (nSPS) is 18.8. The van der Waals surface area contributed by atoms with E-state index in [1.54, 1.807) is 70.6 Å². The molecule has 2 aromatic heterocycles. The molecule has 2 saturated heterocycles. The van der Waals surface area contributed by atoms with Crippen LogP contribution >= 0.6 is 0 Å². The summed E-state index contributed by atoms with van der Waals surface area (Å²) >= 11 is 0. The van der Waals surface area contributed by atoms with E-state index in [0.29, 0.717) is 48.2 Å². The van der Waals surface area contributed by atoms with Gasteiger partial charge >= 0.3 is 0 Å². The second-order valence-corrected chi connectivity index (χ2v) is 18.9. The predicted octanol–water partition coefficient (Wildman–Crippen LogP) is 5.36. The zero-order chi connectivity index (χ0) is 50.8. The Morgan fingerprint density at radius 2 is 1.03 bits per heavy atom. The molecule has 16 nitrogen and oxygen atoms in total. The molecule has 6 atom stereocenters. The van der Waals surface area contributed by atoms with E-state index in [-0.39, 0.29) is 65.8 Å². The number of pyridine rings is 2. The van der Waals surface area contributed by atoms with Crippen molar-refractivity contribution in [3.8, 4) is 22.3 Å². The molecule has 1 aliphatic carbocycles. The molecule has 378 valence electrons. The lowest BCUT2D eigenvalue weighted by atomic mass is 9.83. The number of amides is 6. The largest absolute Gasteiger partial charge is 0.350 e. The van der Waals surface area contributed by atoms with Crippen LogP contribution in [-0.2, 0) is 19.2 Å². The van der Waals surface area contributed by atoms with E-state index >= 15 is 8.78 Å². The van der Waals surface area contributed by atoms with Gasteiger partial charge in [-0.15, -0.1) is 0 Å². The molecule has 3 fully saturated rings. The molecule has 0 radical (unpaired) electrons. The highest BCUT2D eigenvalue weighted by atomic mass is 19.1. The maximum absolute atomic E-state index is 15.2.